The first-order valence-electron chi connectivity index (χ1n) is 4.75. The number of hydrogen-bond donors (Lipinski definition) is 1. The zero-order valence-electron chi connectivity index (χ0n) is 8.44. The van der Waals surface area contributed by atoms with Crippen molar-refractivity contribution in [1.82, 2.24) is 19.8 Å². The van der Waals surface area contributed by atoms with Gasteiger partial charge in [-0.05, 0) is 24.3 Å². The lowest BCUT2D eigenvalue weighted by Crippen LogP contribution is -2.14. The van der Waals surface area contributed by atoms with Crippen molar-refractivity contribution >= 4 is 16.3 Å². The van der Waals surface area contributed by atoms with Gasteiger partial charge in [0.1, 0.15) is 17.0 Å². The number of nitrogens with zero attached hydrogens (tertiary/aromatic N) is 4. The number of phenols is 1. The zero-order chi connectivity index (χ0) is 11.8. The number of fused-ring (bicyclic) bond motifs is 1. The maximum atomic E-state index is 11.4. The van der Waals surface area contributed by atoms with Crippen molar-refractivity contribution in [3.05, 3.63) is 40.8 Å². The van der Waals surface area contributed by atoms with Gasteiger partial charge < -0.3 is 5.11 Å². The van der Waals surface area contributed by atoms with E-state index in [9.17, 15) is 9.90 Å². The van der Waals surface area contributed by atoms with E-state index in [1.807, 2.05) is 0 Å². The van der Waals surface area contributed by atoms with Crippen LogP contribution in [-0.4, -0.2) is 24.9 Å². The minimum Gasteiger partial charge on any atom is -0.508 e. The van der Waals surface area contributed by atoms with Crippen LogP contribution in [0.2, 0.25) is 0 Å². The van der Waals surface area contributed by atoms with Crippen LogP contribution >= 0.6 is 11.3 Å². The summed E-state index contributed by atoms with van der Waals surface area (Å²) in [5.41, 5.74) is 0.508. The summed E-state index contributed by atoms with van der Waals surface area (Å²) in [6.45, 7) is 0. The van der Waals surface area contributed by atoms with Crippen LogP contribution in [0.15, 0.2) is 35.3 Å². The highest BCUT2D eigenvalue weighted by atomic mass is 32.1. The third kappa shape index (κ3) is 1.66. The van der Waals surface area contributed by atoms with Crippen LogP contribution < -0.4 is 5.56 Å². The fourth-order valence-electron chi connectivity index (χ4n) is 1.39. The van der Waals surface area contributed by atoms with Gasteiger partial charge in [-0.3, -0.25) is 4.79 Å². The quantitative estimate of drug-likeness (QED) is 0.690. The summed E-state index contributed by atoms with van der Waals surface area (Å²) in [4.78, 5) is 11.9. The van der Waals surface area contributed by atoms with Crippen LogP contribution in [0.1, 0.15) is 0 Å². The molecule has 1 aromatic carbocycles. The van der Waals surface area contributed by atoms with Crippen molar-refractivity contribution in [3.8, 4) is 16.3 Å². The van der Waals surface area contributed by atoms with Gasteiger partial charge in [-0.15, -0.1) is 5.10 Å². The first-order valence-corrected chi connectivity index (χ1v) is 5.57. The minimum absolute atomic E-state index is 0.187. The largest absolute Gasteiger partial charge is 0.508 e. The number of benzene rings is 1. The van der Waals surface area contributed by atoms with E-state index in [0.29, 0.717) is 9.97 Å². The molecule has 6 nitrogen and oxygen atoms in total. The van der Waals surface area contributed by atoms with Gasteiger partial charge in [-0.25, -0.2) is 0 Å². The highest BCUT2D eigenvalue weighted by Crippen LogP contribution is 2.25. The molecule has 0 radical (unpaired) electrons. The molecule has 84 valence electrons. The van der Waals surface area contributed by atoms with Gasteiger partial charge in [0, 0.05) is 5.56 Å². The van der Waals surface area contributed by atoms with Crippen molar-refractivity contribution in [2.75, 3.05) is 0 Å². The van der Waals surface area contributed by atoms with Gasteiger partial charge in [0.25, 0.3) is 5.56 Å². The van der Waals surface area contributed by atoms with E-state index in [-0.39, 0.29) is 11.3 Å². The molecule has 0 fully saturated rings. The molecular weight excluding hydrogens is 240 g/mol. The molecule has 17 heavy (non-hydrogen) atoms. The number of hydrogen-bond acceptors (Lipinski definition) is 6. The molecule has 3 aromatic rings. The summed E-state index contributed by atoms with van der Waals surface area (Å²) in [5, 5.41) is 21.4. The molecule has 2 heterocycles. The van der Waals surface area contributed by atoms with Crippen LogP contribution in [0.5, 0.6) is 5.75 Å². The Morgan fingerprint density at radius 1 is 1.24 bits per heavy atom. The summed E-state index contributed by atoms with van der Waals surface area (Å²) in [5.74, 6) is 0.187. The molecular formula is C10H6N4O2S. The predicted octanol–water partition coefficient (Wildman–Crippen LogP) is 0.919. The van der Waals surface area contributed by atoms with Crippen LogP contribution in [0.3, 0.4) is 0 Å². The van der Waals surface area contributed by atoms with Gasteiger partial charge in [-0.1, -0.05) is 11.3 Å². The maximum absolute atomic E-state index is 11.4. The summed E-state index contributed by atoms with van der Waals surface area (Å²) in [6, 6.07) is 6.59. The van der Waals surface area contributed by atoms with Crippen LogP contribution in [-0.2, 0) is 0 Å². The first kappa shape index (κ1) is 9.91. The Balaban J connectivity index is 2.21. The Bertz CT molecular complexity index is 732. The standard InChI is InChI=1S/C10H6N4O2S/c15-7-3-1-6(2-4-7)9-13-14-8(16)5-11-12-10(14)17-9/h1-5,15H. The van der Waals surface area contributed by atoms with E-state index in [2.05, 4.69) is 15.3 Å². The van der Waals surface area contributed by atoms with E-state index < -0.39 is 0 Å². The van der Waals surface area contributed by atoms with E-state index >= 15 is 0 Å². The Morgan fingerprint density at radius 2 is 2.00 bits per heavy atom. The molecule has 2 aromatic heterocycles. The number of phenolic OH excluding ortho intramolecular Hbond substituents is 1. The molecule has 0 aliphatic carbocycles. The second-order valence-corrected chi connectivity index (χ2v) is 4.29. The average molecular weight is 246 g/mol. The molecule has 0 spiro atoms. The van der Waals surface area contributed by atoms with E-state index in [0.717, 1.165) is 11.8 Å². The molecule has 0 saturated heterocycles. The summed E-state index contributed by atoms with van der Waals surface area (Å²) < 4.78 is 1.21. The Labute approximate surface area is 98.8 Å². The lowest BCUT2D eigenvalue weighted by Gasteiger charge is -1.94. The third-order valence-electron chi connectivity index (χ3n) is 2.19. The predicted molar refractivity (Wildman–Crippen MR) is 62.0 cm³/mol. The van der Waals surface area contributed by atoms with E-state index in [1.165, 1.54) is 15.9 Å². The van der Waals surface area contributed by atoms with Crippen molar-refractivity contribution < 1.29 is 5.11 Å². The highest BCUT2D eigenvalue weighted by Gasteiger charge is 2.08. The van der Waals surface area contributed by atoms with Gasteiger partial charge in [-0.2, -0.15) is 14.7 Å². The molecule has 0 bridgehead atoms. The smallest absolute Gasteiger partial charge is 0.293 e. The second kappa shape index (κ2) is 3.63. The number of aromatic hydroxyl groups is 1. The van der Waals surface area contributed by atoms with Crippen molar-refractivity contribution in [2.24, 2.45) is 0 Å². The molecule has 0 atom stereocenters. The van der Waals surface area contributed by atoms with E-state index in [4.69, 9.17) is 0 Å². The lowest BCUT2D eigenvalue weighted by atomic mass is 10.2. The third-order valence-corrected chi connectivity index (χ3v) is 3.14. The van der Waals surface area contributed by atoms with Gasteiger partial charge in [0.2, 0.25) is 4.96 Å². The topological polar surface area (TPSA) is 80.4 Å². The number of rotatable bonds is 1. The summed E-state index contributed by atoms with van der Waals surface area (Å²) in [7, 11) is 0. The van der Waals surface area contributed by atoms with Crippen LogP contribution in [0, 0.1) is 0 Å². The lowest BCUT2D eigenvalue weighted by molar-refractivity contribution is 0.475. The van der Waals surface area contributed by atoms with Crippen LogP contribution in [0.25, 0.3) is 15.5 Å². The summed E-state index contributed by atoms with van der Waals surface area (Å²) in [6.07, 6.45) is 1.12. The van der Waals surface area contributed by atoms with Crippen molar-refractivity contribution in [2.45, 2.75) is 0 Å². The Kier molecular flexibility index (Phi) is 2.12. The molecule has 0 amide bonds. The molecule has 0 unspecified atom stereocenters. The Hall–Kier alpha value is -2.28. The zero-order valence-corrected chi connectivity index (χ0v) is 9.26. The minimum atomic E-state index is -0.309. The van der Waals surface area contributed by atoms with Crippen LogP contribution in [0.4, 0.5) is 0 Å². The van der Waals surface area contributed by atoms with Crippen molar-refractivity contribution in [3.63, 3.8) is 0 Å². The molecule has 0 aliphatic heterocycles. The maximum Gasteiger partial charge on any atom is 0.293 e. The van der Waals surface area contributed by atoms with Gasteiger partial charge >= 0.3 is 0 Å². The fourth-order valence-corrected chi connectivity index (χ4v) is 2.25. The van der Waals surface area contributed by atoms with Gasteiger partial charge in [0.15, 0.2) is 0 Å². The average Bonchev–Trinajstić information content (AvgIpc) is 2.75. The van der Waals surface area contributed by atoms with Crippen molar-refractivity contribution in [1.29, 1.82) is 0 Å². The molecule has 7 heteroatoms. The SMILES string of the molecule is O=c1cnnc2sc(-c3ccc(O)cc3)nn12. The molecule has 3 rings (SSSR count). The fraction of sp³-hybridized carbons (Fsp3) is 0. The normalized spacial score (nSPS) is 10.8. The monoisotopic (exact) mass is 246 g/mol. The molecule has 0 aliphatic rings. The molecule has 1 N–H and O–H groups in total. The molecule has 0 saturated carbocycles. The second-order valence-electron chi connectivity index (χ2n) is 3.33. The highest BCUT2D eigenvalue weighted by molar-refractivity contribution is 7.19. The number of aromatic nitrogens is 4. The summed E-state index contributed by atoms with van der Waals surface area (Å²) >= 11 is 1.27. The first-order chi connectivity index (χ1) is 8.24. The Morgan fingerprint density at radius 3 is 2.71 bits per heavy atom. The van der Waals surface area contributed by atoms with Gasteiger partial charge in [0.05, 0.1) is 0 Å². The van der Waals surface area contributed by atoms with E-state index in [1.54, 1.807) is 24.3 Å².